The van der Waals surface area contributed by atoms with Crippen LogP contribution in [0.1, 0.15) is 33.1 Å². The molecule has 150 valence electrons. The summed E-state index contributed by atoms with van der Waals surface area (Å²) in [5.74, 6) is -0.581. The standard InChI is InChI=1S/C20H23ClN2O4S/c21-17-5-3-15(4-6-17)19(23-7-9-27-10-8-23)12-16-2-1-14(13-28(25)26)11-18(16)20(22)24/h1-6,11,19H,7-10,12-13H2,(H2,22,24)(H,25,26). The Bertz CT molecular complexity index is 854. The van der Waals surface area contributed by atoms with Gasteiger partial charge in [0.05, 0.1) is 19.0 Å². The van der Waals surface area contributed by atoms with Crippen LogP contribution in [0.5, 0.6) is 0 Å². The lowest BCUT2D eigenvalue weighted by atomic mass is 9.93. The van der Waals surface area contributed by atoms with Crippen molar-refractivity contribution in [1.29, 1.82) is 0 Å². The summed E-state index contributed by atoms with van der Waals surface area (Å²) in [6.07, 6.45) is 0.586. The Kier molecular flexibility index (Phi) is 7.20. The van der Waals surface area contributed by atoms with E-state index in [0.29, 0.717) is 35.8 Å². The molecule has 2 atom stereocenters. The number of carbonyl (C=O) groups excluding carboxylic acids is 1. The number of morpholine rings is 1. The van der Waals surface area contributed by atoms with Crippen molar-refractivity contribution in [2.75, 3.05) is 26.3 Å². The first-order chi connectivity index (χ1) is 13.4. The summed E-state index contributed by atoms with van der Waals surface area (Å²) in [5, 5.41) is 0.670. The van der Waals surface area contributed by atoms with Crippen LogP contribution in [0.3, 0.4) is 0 Å². The Morgan fingerprint density at radius 2 is 1.89 bits per heavy atom. The maximum atomic E-state index is 12.0. The van der Waals surface area contributed by atoms with E-state index in [-0.39, 0.29) is 11.8 Å². The molecule has 3 rings (SSSR count). The average molecular weight is 423 g/mol. The number of nitrogens with zero attached hydrogens (tertiary/aromatic N) is 1. The molecule has 0 aromatic heterocycles. The van der Waals surface area contributed by atoms with E-state index in [1.807, 2.05) is 30.3 Å². The van der Waals surface area contributed by atoms with Crippen molar-refractivity contribution < 1.29 is 18.3 Å². The van der Waals surface area contributed by atoms with Crippen LogP contribution in [0.15, 0.2) is 42.5 Å². The molecule has 0 aliphatic carbocycles. The third-order valence-electron chi connectivity index (χ3n) is 4.88. The summed E-state index contributed by atoms with van der Waals surface area (Å²) in [4.78, 5) is 14.4. The highest BCUT2D eigenvalue weighted by atomic mass is 35.5. The van der Waals surface area contributed by atoms with Gasteiger partial charge in [0.25, 0.3) is 0 Å². The minimum Gasteiger partial charge on any atom is -0.379 e. The van der Waals surface area contributed by atoms with Crippen LogP contribution in [0.2, 0.25) is 5.02 Å². The molecule has 0 bridgehead atoms. The lowest BCUT2D eigenvalue weighted by Crippen LogP contribution is -2.40. The van der Waals surface area contributed by atoms with Gasteiger partial charge in [-0.15, -0.1) is 0 Å². The van der Waals surface area contributed by atoms with Gasteiger partial charge in [0, 0.05) is 29.7 Å². The van der Waals surface area contributed by atoms with E-state index in [9.17, 15) is 9.00 Å². The Morgan fingerprint density at radius 1 is 1.21 bits per heavy atom. The molecule has 1 aliphatic rings. The average Bonchev–Trinajstić information content (AvgIpc) is 2.68. The van der Waals surface area contributed by atoms with Crippen molar-refractivity contribution in [1.82, 2.24) is 4.90 Å². The predicted octanol–water partition coefficient (Wildman–Crippen LogP) is 2.78. The number of amides is 1. The number of nitrogens with two attached hydrogens (primary N) is 1. The number of rotatable bonds is 7. The second-order valence-electron chi connectivity index (χ2n) is 6.74. The van der Waals surface area contributed by atoms with E-state index in [1.54, 1.807) is 12.1 Å². The third-order valence-corrected chi connectivity index (χ3v) is 5.72. The number of primary amides is 1. The van der Waals surface area contributed by atoms with Gasteiger partial charge in [-0.25, -0.2) is 4.21 Å². The maximum Gasteiger partial charge on any atom is 0.248 e. The number of hydrogen-bond acceptors (Lipinski definition) is 4. The molecular formula is C20H23ClN2O4S. The van der Waals surface area contributed by atoms with Crippen molar-refractivity contribution in [3.05, 3.63) is 69.7 Å². The Hall–Kier alpha value is -1.77. The zero-order chi connectivity index (χ0) is 20.1. The van der Waals surface area contributed by atoms with Crippen LogP contribution in [0, 0.1) is 0 Å². The molecular weight excluding hydrogens is 400 g/mol. The van der Waals surface area contributed by atoms with Crippen molar-refractivity contribution >= 4 is 28.6 Å². The Labute approximate surface area is 171 Å². The zero-order valence-electron chi connectivity index (χ0n) is 15.3. The van der Waals surface area contributed by atoms with Crippen LogP contribution in [0.25, 0.3) is 0 Å². The van der Waals surface area contributed by atoms with Gasteiger partial charge in [-0.1, -0.05) is 35.9 Å². The van der Waals surface area contributed by atoms with E-state index in [0.717, 1.165) is 24.2 Å². The second kappa shape index (κ2) is 9.62. The Balaban J connectivity index is 1.94. The smallest absolute Gasteiger partial charge is 0.248 e. The molecule has 2 aromatic rings. The van der Waals surface area contributed by atoms with Crippen LogP contribution in [-0.4, -0.2) is 45.9 Å². The SMILES string of the molecule is NC(=O)c1cc(CS(=O)O)ccc1CC(c1ccc(Cl)cc1)N1CCOCC1. The number of ether oxygens (including phenoxy) is 1. The lowest BCUT2D eigenvalue weighted by molar-refractivity contribution is 0.0160. The van der Waals surface area contributed by atoms with Crippen LogP contribution >= 0.6 is 11.6 Å². The van der Waals surface area contributed by atoms with E-state index < -0.39 is 17.0 Å². The predicted molar refractivity (Wildman–Crippen MR) is 110 cm³/mol. The molecule has 0 saturated carbocycles. The third kappa shape index (κ3) is 5.40. The summed E-state index contributed by atoms with van der Waals surface area (Å²) in [6.45, 7) is 2.91. The zero-order valence-corrected chi connectivity index (χ0v) is 16.9. The van der Waals surface area contributed by atoms with E-state index >= 15 is 0 Å². The van der Waals surface area contributed by atoms with Gasteiger partial charge in [-0.3, -0.25) is 9.69 Å². The molecule has 1 amide bonds. The fraction of sp³-hybridized carbons (Fsp3) is 0.350. The highest BCUT2D eigenvalue weighted by Gasteiger charge is 2.24. The van der Waals surface area contributed by atoms with Gasteiger partial charge in [0.1, 0.15) is 0 Å². The van der Waals surface area contributed by atoms with Gasteiger partial charge in [-0.2, -0.15) is 0 Å². The molecule has 1 saturated heterocycles. The van der Waals surface area contributed by atoms with Crippen molar-refractivity contribution in [3.8, 4) is 0 Å². The van der Waals surface area contributed by atoms with Gasteiger partial charge >= 0.3 is 0 Å². The molecule has 8 heteroatoms. The van der Waals surface area contributed by atoms with Crippen LogP contribution < -0.4 is 5.73 Å². The first-order valence-corrected chi connectivity index (χ1v) is 10.7. The lowest BCUT2D eigenvalue weighted by Gasteiger charge is -2.35. The van der Waals surface area contributed by atoms with Crippen LogP contribution in [0.4, 0.5) is 0 Å². The van der Waals surface area contributed by atoms with Gasteiger partial charge in [0.15, 0.2) is 11.1 Å². The molecule has 1 fully saturated rings. The quantitative estimate of drug-likeness (QED) is 0.669. The molecule has 0 radical (unpaired) electrons. The maximum absolute atomic E-state index is 12.0. The van der Waals surface area contributed by atoms with E-state index in [2.05, 4.69) is 4.90 Å². The van der Waals surface area contributed by atoms with Gasteiger partial charge < -0.3 is 15.0 Å². The summed E-state index contributed by atoms with van der Waals surface area (Å²) in [5.41, 5.74) is 8.50. The van der Waals surface area contributed by atoms with Crippen molar-refractivity contribution in [2.45, 2.75) is 18.2 Å². The molecule has 1 aliphatic heterocycles. The summed E-state index contributed by atoms with van der Waals surface area (Å²) in [7, 11) is 0. The first kappa shape index (κ1) is 21.0. The molecule has 3 N–H and O–H groups in total. The van der Waals surface area contributed by atoms with E-state index in [4.69, 9.17) is 26.6 Å². The molecule has 0 spiro atoms. The van der Waals surface area contributed by atoms with E-state index in [1.165, 1.54) is 0 Å². The first-order valence-electron chi connectivity index (χ1n) is 9.00. The second-order valence-corrected chi connectivity index (χ2v) is 8.11. The fourth-order valence-corrected chi connectivity index (χ4v) is 4.09. The monoisotopic (exact) mass is 422 g/mol. The number of benzene rings is 2. The van der Waals surface area contributed by atoms with Gasteiger partial charge in [0.2, 0.25) is 5.91 Å². The minimum atomic E-state index is -1.98. The normalized spacial score (nSPS) is 17.2. The Morgan fingerprint density at radius 3 is 2.50 bits per heavy atom. The molecule has 28 heavy (non-hydrogen) atoms. The highest BCUT2D eigenvalue weighted by molar-refractivity contribution is 7.78. The van der Waals surface area contributed by atoms with Crippen molar-refractivity contribution in [3.63, 3.8) is 0 Å². The van der Waals surface area contributed by atoms with Crippen molar-refractivity contribution in [2.24, 2.45) is 5.73 Å². The minimum absolute atomic E-state index is 0.0371. The van der Waals surface area contributed by atoms with Crippen LogP contribution in [-0.2, 0) is 28.0 Å². The largest absolute Gasteiger partial charge is 0.379 e. The topological polar surface area (TPSA) is 92.9 Å². The molecule has 6 nitrogen and oxygen atoms in total. The molecule has 1 heterocycles. The fourth-order valence-electron chi connectivity index (χ4n) is 3.50. The number of hydrogen-bond donors (Lipinski definition) is 2. The molecule has 2 unspecified atom stereocenters. The summed E-state index contributed by atoms with van der Waals surface area (Å²) in [6, 6.07) is 13.0. The highest BCUT2D eigenvalue weighted by Crippen LogP contribution is 2.29. The number of carbonyl (C=O) groups is 1. The molecule has 2 aromatic carbocycles. The van der Waals surface area contributed by atoms with Gasteiger partial charge in [-0.05, 0) is 41.3 Å². The summed E-state index contributed by atoms with van der Waals surface area (Å²) < 4.78 is 25.7. The summed E-state index contributed by atoms with van der Waals surface area (Å²) >= 11 is 4.07. The number of halogens is 1.